The van der Waals surface area contributed by atoms with E-state index >= 15 is 0 Å². The quantitative estimate of drug-likeness (QED) is 0.755. The lowest BCUT2D eigenvalue weighted by atomic mass is 10.2. The van der Waals surface area contributed by atoms with Crippen LogP contribution in [0.25, 0.3) is 11.0 Å². The highest BCUT2D eigenvalue weighted by Crippen LogP contribution is 2.21. The molecule has 2 aromatic heterocycles. The van der Waals surface area contributed by atoms with Crippen molar-refractivity contribution in [2.24, 2.45) is 0 Å². The third-order valence-electron chi connectivity index (χ3n) is 3.29. The molecule has 2 aromatic rings. The third kappa shape index (κ3) is 3.02. The summed E-state index contributed by atoms with van der Waals surface area (Å²) in [6.45, 7) is 14.4. The standard InChI is InChI=1S/C16H24N2O2Si/c1-11-13(21(5,6)7)12-9-8-10-17-14(12)18(11)15(19)20-16(2,3)4/h8-10H,1-7H3. The minimum absolute atomic E-state index is 0.354. The molecule has 0 amide bonds. The average molecular weight is 304 g/mol. The lowest BCUT2D eigenvalue weighted by molar-refractivity contribution is 0.0541. The summed E-state index contributed by atoms with van der Waals surface area (Å²) in [6, 6.07) is 3.97. The van der Waals surface area contributed by atoms with E-state index in [1.807, 2.05) is 39.8 Å². The summed E-state index contributed by atoms with van der Waals surface area (Å²) in [6.07, 6.45) is 1.37. The molecule has 4 nitrogen and oxygen atoms in total. The van der Waals surface area contributed by atoms with Crippen molar-refractivity contribution in [2.45, 2.75) is 52.9 Å². The summed E-state index contributed by atoms with van der Waals surface area (Å²) in [5.41, 5.74) is 1.13. The number of carbonyl (C=O) groups is 1. The van der Waals surface area contributed by atoms with Crippen molar-refractivity contribution in [3.05, 3.63) is 24.0 Å². The Hall–Kier alpha value is -1.62. The monoisotopic (exact) mass is 304 g/mol. The van der Waals surface area contributed by atoms with Crippen LogP contribution in [0, 0.1) is 6.92 Å². The van der Waals surface area contributed by atoms with Crippen LogP contribution < -0.4 is 5.19 Å². The molecule has 0 radical (unpaired) electrons. The number of rotatable bonds is 1. The van der Waals surface area contributed by atoms with Crippen molar-refractivity contribution in [1.82, 2.24) is 9.55 Å². The van der Waals surface area contributed by atoms with E-state index in [-0.39, 0.29) is 6.09 Å². The van der Waals surface area contributed by atoms with Gasteiger partial charge in [0, 0.05) is 17.3 Å². The molecule has 0 fully saturated rings. The van der Waals surface area contributed by atoms with Gasteiger partial charge in [0.15, 0.2) is 0 Å². The van der Waals surface area contributed by atoms with Crippen molar-refractivity contribution in [2.75, 3.05) is 0 Å². The summed E-state index contributed by atoms with van der Waals surface area (Å²) in [7, 11) is -1.59. The van der Waals surface area contributed by atoms with Crippen molar-refractivity contribution in [3.8, 4) is 0 Å². The maximum absolute atomic E-state index is 12.6. The zero-order valence-corrected chi connectivity index (χ0v) is 14.9. The van der Waals surface area contributed by atoms with Crippen LogP contribution in [-0.4, -0.2) is 29.3 Å². The average Bonchev–Trinajstić information content (AvgIpc) is 2.57. The van der Waals surface area contributed by atoms with E-state index in [4.69, 9.17) is 4.74 Å². The predicted molar refractivity (Wildman–Crippen MR) is 89.1 cm³/mol. The molecule has 0 aliphatic rings. The fourth-order valence-corrected chi connectivity index (χ4v) is 4.91. The van der Waals surface area contributed by atoms with Crippen LogP contribution in [0.4, 0.5) is 4.79 Å². The summed E-state index contributed by atoms with van der Waals surface area (Å²) in [4.78, 5) is 17.0. The van der Waals surface area contributed by atoms with Gasteiger partial charge in [-0.05, 0) is 45.0 Å². The molecule has 2 rings (SSSR count). The van der Waals surface area contributed by atoms with Crippen molar-refractivity contribution in [1.29, 1.82) is 0 Å². The van der Waals surface area contributed by atoms with Gasteiger partial charge in [-0.3, -0.25) is 0 Å². The van der Waals surface area contributed by atoms with Crippen LogP contribution in [0.2, 0.25) is 19.6 Å². The Balaban J connectivity index is 2.70. The molecule has 0 saturated heterocycles. The van der Waals surface area contributed by atoms with Crippen molar-refractivity contribution in [3.63, 3.8) is 0 Å². The van der Waals surface area contributed by atoms with Gasteiger partial charge >= 0.3 is 6.09 Å². The molecule has 0 bridgehead atoms. The van der Waals surface area contributed by atoms with Gasteiger partial charge in [-0.1, -0.05) is 19.6 Å². The Morgan fingerprint density at radius 1 is 1.29 bits per heavy atom. The first-order valence-electron chi connectivity index (χ1n) is 7.22. The van der Waals surface area contributed by atoms with Gasteiger partial charge in [-0.25, -0.2) is 14.3 Å². The molecule has 0 unspecified atom stereocenters. The molecular weight excluding hydrogens is 280 g/mol. The molecule has 0 aliphatic heterocycles. The zero-order valence-electron chi connectivity index (χ0n) is 13.9. The summed E-state index contributed by atoms with van der Waals surface area (Å²) >= 11 is 0. The lowest BCUT2D eigenvalue weighted by Gasteiger charge is -2.21. The van der Waals surface area contributed by atoms with Crippen LogP contribution in [-0.2, 0) is 4.74 Å². The van der Waals surface area contributed by atoms with Gasteiger partial charge in [0.05, 0.1) is 8.07 Å². The number of ether oxygens (including phenoxy) is 1. The Kier molecular flexibility index (Phi) is 3.74. The van der Waals surface area contributed by atoms with Crippen molar-refractivity contribution >= 4 is 30.4 Å². The number of hydrogen-bond acceptors (Lipinski definition) is 3. The minimum Gasteiger partial charge on any atom is -0.443 e. The van der Waals surface area contributed by atoms with Crippen molar-refractivity contribution < 1.29 is 9.53 Å². The molecule has 0 aromatic carbocycles. The predicted octanol–water partition coefficient (Wildman–Crippen LogP) is 3.67. The van der Waals surface area contributed by atoms with Crippen LogP contribution in [0.1, 0.15) is 26.5 Å². The molecule has 0 aliphatic carbocycles. The largest absolute Gasteiger partial charge is 0.443 e. The highest BCUT2D eigenvalue weighted by molar-refractivity contribution is 6.90. The van der Waals surface area contributed by atoms with E-state index in [1.165, 1.54) is 5.19 Å². The molecule has 0 spiro atoms. The number of hydrogen-bond donors (Lipinski definition) is 0. The normalized spacial score (nSPS) is 12.7. The summed E-state index contributed by atoms with van der Waals surface area (Å²) in [5, 5.41) is 2.34. The second kappa shape index (κ2) is 4.98. The number of carbonyl (C=O) groups excluding carboxylic acids is 1. The van der Waals surface area contributed by atoms with Gasteiger partial charge < -0.3 is 4.74 Å². The maximum atomic E-state index is 12.6. The Morgan fingerprint density at radius 2 is 1.90 bits per heavy atom. The lowest BCUT2D eigenvalue weighted by Crippen LogP contribution is -2.39. The van der Waals surface area contributed by atoms with Crippen LogP contribution in [0.5, 0.6) is 0 Å². The number of aromatic nitrogens is 2. The molecular formula is C16H24N2O2Si. The van der Waals surface area contributed by atoms with E-state index in [9.17, 15) is 4.79 Å². The molecule has 2 heterocycles. The number of pyridine rings is 1. The minimum atomic E-state index is -1.59. The van der Waals surface area contributed by atoms with E-state index in [0.29, 0.717) is 5.65 Å². The SMILES string of the molecule is Cc1c([Si](C)(C)C)c2cccnc2n1C(=O)OC(C)(C)C. The van der Waals surface area contributed by atoms with E-state index in [1.54, 1.807) is 10.8 Å². The molecule has 0 saturated carbocycles. The molecule has 21 heavy (non-hydrogen) atoms. The molecule has 0 N–H and O–H groups in total. The Bertz CT molecular complexity index is 691. The zero-order chi connectivity index (χ0) is 16.0. The van der Waals surface area contributed by atoms with Gasteiger partial charge in [-0.15, -0.1) is 0 Å². The second-order valence-corrected chi connectivity index (χ2v) is 12.4. The first-order chi connectivity index (χ1) is 9.52. The third-order valence-corrected chi connectivity index (χ3v) is 5.42. The van der Waals surface area contributed by atoms with Gasteiger partial charge in [0.2, 0.25) is 0 Å². The fraction of sp³-hybridized carbons (Fsp3) is 0.500. The topological polar surface area (TPSA) is 44.1 Å². The summed E-state index contributed by atoms with van der Waals surface area (Å²) in [5.74, 6) is 0. The molecule has 0 atom stereocenters. The molecule has 114 valence electrons. The van der Waals surface area contributed by atoms with Gasteiger partial charge in [-0.2, -0.15) is 0 Å². The Labute approximate surface area is 127 Å². The summed E-state index contributed by atoms with van der Waals surface area (Å²) < 4.78 is 7.16. The van der Waals surface area contributed by atoms with Gasteiger partial charge in [0.1, 0.15) is 11.2 Å². The van der Waals surface area contributed by atoms with Gasteiger partial charge in [0.25, 0.3) is 0 Å². The highest BCUT2D eigenvalue weighted by Gasteiger charge is 2.30. The van der Waals surface area contributed by atoms with Crippen LogP contribution >= 0.6 is 0 Å². The molecule has 5 heteroatoms. The number of nitrogens with zero attached hydrogens (tertiary/aromatic N) is 2. The first kappa shape index (κ1) is 15.8. The second-order valence-electron chi connectivity index (χ2n) is 7.40. The van der Waals surface area contributed by atoms with Crippen LogP contribution in [0.15, 0.2) is 18.3 Å². The first-order valence-corrected chi connectivity index (χ1v) is 10.7. The fourth-order valence-electron chi connectivity index (χ4n) is 2.71. The number of fused-ring (bicyclic) bond motifs is 1. The smallest absolute Gasteiger partial charge is 0.420 e. The van der Waals surface area contributed by atoms with E-state index in [0.717, 1.165) is 11.1 Å². The van der Waals surface area contributed by atoms with Crippen LogP contribution in [0.3, 0.4) is 0 Å². The maximum Gasteiger partial charge on any atom is 0.420 e. The highest BCUT2D eigenvalue weighted by atomic mass is 28.3. The van der Waals surface area contributed by atoms with E-state index < -0.39 is 13.7 Å². The van der Waals surface area contributed by atoms with E-state index in [2.05, 4.69) is 24.6 Å². The Morgan fingerprint density at radius 3 is 2.43 bits per heavy atom.